The van der Waals surface area contributed by atoms with Crippen molar-refractivity contribution in [3.8, 4) is 0 Å². The molecule has 0 spiro atoms. The standard InChI is InChI=1S/C21H23BrN4O4/c1-12-24-17(20(30-12)25-18(27)14-4-6-16(22)7-5-14)19(28)23-10-13-8-9-26(11-13)21(29)15-2-3-15/h4-7,13,15H,2-3,8-11H2,1H3,(H,23,28)(H,25,27). The molecule has 2 aliphatic rings. The van der Waals surface area contributed by atoms with Crippen LogP contribution < -0.4 is 10.6 Å². The van der Waals surface area contributed by atoms with Gasteiger partial charge in [-0.2, -0.15) is 0 Å². The summed E-state index contributed by atoms with van der Waals surface area (Å²) in [7, 11) is 0. The molecular weight excluding hydrogens is 452 g/mol. The molecule has 3 amide bonds. The number of nitrogens with zero attached hydrogens (tertiary/aromatic N) is 2. The number of aryl methyl sites for hydroxylation is 1. The average molecular weight is 475 g/mol. The van der Waals surface area contributed by atoms with Crippen LogP contribution in [-0.4, -0.2) is 47.2 Å². The van der Waals surface area contributed by atoms with Crippen LogP contribution in [-0.2, 0) is 4.79 Å². The SMILES string of the molecule is Cc1nc(C(=O)NCC2CCN(C(=O)C3CC3)C2)c(NC(=O)c2ccc(Br)cc2)o1. The lowest BCUT2D eigenvalue weighted by molar-refractivity contribution is -0.131. The molecule has 1 saturated heterocycles. The van der Waals surface area contributed by atoms with E-state index in [1.54, 1.807) is 31.2 Å². The molecule has 2 heterocycles. The number of aromatic nitrogens is 1. The van der Waals surface area contributed by atoms with E-state index in [1.807, 2.05) is 4.90 Å². The van der Waals surface area contributed by atoms with Crippen LogP contribution in [0, 0.1) is 18.8 Å². The van der Waals surface area contributed by atoms with Crippen molar-refractivity contribution >= 4 is 39.5 Å². The molecule has 2 N–H and O–H groups in total. The lowest BCUT2D eigenvalue weighted by Gasteiger charge is -2.16. The van der Waals surface area contributed by atoms with Gasteiger partial charge >= 0.3 is 0 Å². The molecule has 1 aromatic carbocycles. The molecule has 0 bridgehead atoms. The maximum Gasteiger partial charge on any atom is 0.275 e. The Labute approximate surface area is 182 Å². The van der Waals surface area contributed by atoms with Gasteiger partial charge in [-0.05, 0) is 49.4 Å². The zero-order chi connectivity index (χ0) is 21.3. The monoisotopic (exact) mass is 474 g/mol. The summed E-state index contributed by atoms with van der Waals surface area (Å²) in [5.41, 5.74) is 0.479. The van der Waals surface area contributed by atoms with Gasteiger partial charge in [0.1, 0.15) is 0 Å². The summed E-state index contributed by atoms with van der Waals surface area (Å²) in [4.78, 5) is 43.3. The van der Waals surface area contributed by atoms with E-state index in [4.69, 9.17) is 4.42 Å². The summed E-state index contributed by atoms with van der Waals surface area (Å²) in [5, 5.41) is 5.48. The van der Waals surface area contributed by atoms with E-state index in [1.165, 1.54) is 0 Å². The van der Waals surface area contributed by atoms with Gasteiger partial charge in [0.05, 0.1) is 0 Å². The van der Waals surface area contributed by atoms with Crippen molar-refractivity contribution in [1.82, 2.24) is 15.2 Å². The van der Waals surface area contributed by atoms with Gasteiger partial charge in [0.2, 0.25) is 11.8 Å². The number of halogens is 1. The molecule has 30 heavy (non-hydrogen) atoms. The molecular formula is C21H23BrN4O4. The molecule has 4 rings (SSSR count). The van der Waals surface area contributed by atoms with Crippen LogP contribution in [0.3, 0.4) is 0 Å². The highest BCUT2D eigenvalue weighted by molar-refractivity contribution is 9.10. The fraction of sp³-hybridized carbons (Fsp3) is 0.429. The lowest BCUT2D eigenvalue weighted by atomic mass is 10.1. The van der Waals surface area contributed by atoms with Crippen LogP contribution in [0.5, 0.6) is 0 Å². The Morgan fingerprint density at radius 3 is 2.60 bits per heavy atom. The maximum atomic E-state index is 12.7. The van der Waals surface area contributed by atoms with E-state index in [0.717, 1.165) is 30.3 Å². The van der Waals surface area contributed by atoms with Crippen LogP contribution in [0.2, 0.25) is 0 Å². The van der Waals surface area contributed by atoms with Crippen LogP contribution in [0.15, 0.2) is 33.2 Å². The molecule has 2 fully saturated rings. The van der Waals surface area contributed by atoms with Gasteiger partial charge in [-0.3, -0.25) is 19.7 Å². The van der Waals surface area contributed by atoms with Crippen LogP contribution >= 0.6 is 15.9 Å². The molecule has 1 aliphatic heterocycles. The summed E-state index contributed by atoms with van der Waals surface area (Å²) in [5.74, 6) is 0.179. The van der Waals surface area contributed by atoms with Crippen molar-refractivity contribution in [2.45, 2.75) is 26.2 Å². The number of carbonyl (C=O) groups excluding carboxylic acids is 3. The Morgan fingerprint density at radius 2 is 1.90 bits per heavy atom. The number of hydrogen-bond donors (Lipinski definition) is 2. The third-order valence-electron chi connectivity index (χ3n) is 5.36. The predicted molar refractivity (Wildman–Crippen MR) is 113 cm³/mol. The highest BCUT2D eigenvalue weighted by Gasteiger charge is 2.36. The van der Waals surface area contributed by atoms with Crippen molar-refractivity contribution in [1.29, 1.82) is 0 Å². The number of benzene rings is 1. The van der Waals surface area contributed by atoms with Gasteiger partial charge in [0, 0.05) is 42.5 Å². The van der Waals surface area contributed by atoms with Gasteiger partial charge < -0.3 is 14.6 Å². The van der Waals surface area contributed by atoms with Crippen LogP contribution in [0.1, 0.15) is 46.0 Å². The van der Waals surface area contributed by atoms with Crippen LogP contribution in [0.4, 0.5) is 5.88 Å². The first-order chi connectivity index (χ1) is 14.4. The first kappa shape index (κ1) is 20.6. The average Bonchev–Trinajstić information content (AvgIpc) is 3.36. The van der Waals surface area contributed by atoms with Gasteiger partial charge in [0.25, 0.3) is 11.8 Å². The molecule has 158 valence electrons. The third-order valence-corrected chi connectivity index (χ3v) is 5.89. The van der Waals surface area contributed by atoms with Crippen molar-refractivity contribution in [3.63, 3.8) is 0 Å². The Kier molecular flexibility index (Phi) is 5.90. The predicted octanol–water partition coefficient (Wildman–Crippen LogP) is 2.99. The van der Waals surface area contributed by atoms with Gasteiger partial charge in [-0.25, -0.2) is 4.98 Å². The van der Waals surface area contributed by atoms with E-state index in [2.05, 4.69) is 31.5 Å². The van der Waals surface area contributed by atoms with E-state index < -0.39 is 11.8 Å². The topological polar surface area (TPSA) is 105 Å². The number of carbonyl (C=O) groups is 3. The number of rotatable bonds is 6. The minimum atomic E-state index is -0.412. The van der Waals surface area contributed by atoms with E-state index in [0.29, 0.717) is 18.7 Å². The molecule has 1 saturated carbocycles. The second-order valence-electron chi connectivity index (χ2n) is 7.79. The number of anilines is 1. The van der Waals surface area contributed by atoms with Gasteiger partial charge in [-0.15, -0.1) is 0 Å². The fourth-order valence-electron chi connectivity index (χ4n) is 3.55. The van der Waals surface area contributed by atoms with Crippen molar-refractivity contribution in [3.05, 3.63) is 45.9 Å². The number of oxazole rings is 1. The second kappa shape index (κ2) is 8.59. The van der Waals surface area contributed by atoms with Crippen molar-refractivity contribution < 1.29 is 18.8 Å². The third kappa shape index (κ3) is 4.72. The number of likely N-dealkylation sites (tertiary alicyclic amines) is 1. The number of hydrogen-bond acceptors (Lipinski definition) is 5. The Hall–Kier alpha value is -2.68. The normalized spacial score (nSPS) is 18.3. The van der Waals surface area contributed by atoms with Crippen molar-refractivity contribution in [2.75, 3.05) is 25.0 Å². The first-order valence-electron chi connectivity index (χ1n) is 10.0. The zero-order valence-corrected chi connectivity index (χ0v) is 18.2. The molecule has 8 nitrogen and oxygen atoms in total. The van der Waals surface area contributed by atoms with E-state index in [-0.39, 0.29) is 35.2 Å². The summed E-state index contributed by atoms with van der Waals surface area (Å²) in [6, 6.07) is 6.84. The Bertz CT molecular complexity index is 968. The number of amides is 3. The van der Waals surface area contributed by atoms with Crippen LogP contribution in [0.25, 0.3) is 0 Å². The molecule has 1 aromatic heterocycles. The van der Waals surface area contributed by atoms with Gasteiger partial charge in [-0.1, -0.05) is 15.9 Å². The smallest absolute Gasteiger partial charge is 0.275 e. The highest BCUT2D eigenvalue weighted by atomic mass is 79.9. The minimum Gasteiger partial charge on any atom is -0.424 e. The molecule has 1 aliphatic carbocycles. The zero-order valence-electron chi connectivity index (χ0n) is 16.6. The molecule has 1 unspecified atom stereocenters. The van der Waals surface area contributed by atoms with E-state index in [9.17, 15) is 14.4 Å². The molecule has 1 atom stereocenters. The highest BCUT2D eigenvalue weighted by Crippen LogP contribution is 2.32. The Morgan fingerprint density at radius 1 is 1.17 bits per heavy atom. The summed E-state index contributed by atoms with van der Waals surface area (Å²) >= 11 is 3.33. The fourth-order valence-corrected chi connectivity index (χ4v) is 3.82. The number of nitrogens with one attached hydrogen (secondary N) is 2. The molecule has 9 heteroatoms. The summed E-state index contributed by atoms with van der Waals surface area (Å²) in [6.07, 6.45) is 2.86. The summed E-state index contributed by atoms with van der Waals surface area (Å²) in [6.45, 7) is 3.47. The second-order valence-corrected chi connectivity index (χ2v) is 8.71. The maximum absolute atomic E-state index is 12.7. The Balaban J connectivity index is 1.34. The largest absolute Gasteiger partial charge is 0.424 e. The first-order valence-corrected chi connectivity index (χ1v) is 10.8. The minimum absolute atomic E-state index is 0.0230. The molecule has 0 radical (unpaired) electrons. The van der Waals surface area contributed by atoms with Gasteiger partial charge in [0.15, 0.2) is 11.6 Å². The van der Waals surface area contributed by atoms with E-state index >= 15 is 0 Å². The summed E-state index contributed by atoms with van der Waals surface area (Å²) < 4.78 is 6.30. The van der Waals surface area contributed by atoms with Crippen molar-refractivity contribution in [2.24, 2.45) is 11.8 Å². The quantitative estimate of drug-likeness (QED) is 0.669. The molecule has 2 aromatic rings. The lowest BCUT2D eigenvalue weighted by Crippen LogP contribution is -2.34.